The van der Waals surface area contributed by atoms with Gasteiger partial charge in [-0.15, -0.1) is 0 Å². The van der Waals surface area contributed by atoms with Gasteiger partial charge in [-0.1, -0.05) is 0 Å². The molecule has 2 unspecified atom stereocenters. The predicted octanol–water partition coefficient (Wildman–Crippen LogP) is 2.60. The summed E-state index contributed by atoms with van der Waals surface area (Å²) in [6.45, 7) is 4.64. The largest absolute Gasteiger partial charge is 0.396 e. The molecule has 2 aliphatic carbocycles. The Morgan fingerprint density at radius 3 is 2.40 bits per heavy atom. The zero-order chi connectivity index (χ0) is 11.1. The molecule has 2 nitrogen and oxygen atoms in total. The van der Waals surface area contributed by atoms with Crippen molar-refractivity contribution in [3.05, 3.63) is 0 Å². The average molecular weight is 212 g/mol. The van der Waals surface area contributed by atoms with Gasteiger partial charge in [-0.05, 0) is 63.2 Å². The van der Waals surface area contributed by atoms with Gasteiger partial charge in [0.2, 0.25) is 0 Å². The Kier molecular flexibility index (Phi) is 2.85. The third-order valence-corrected chi connectivity index (χ3v) is 4.60. The van der Waals surface area contributed by atoms with Crippen molar-refractivity contribution < 1.29 is 9.84 Å². The molecule has 0 amide bonds. The minimum absolute atomic E-state index is 0.0328. The summed E-state index contributed by atoms with van der Waals surface area (Å²) in [6.07, 6.45) is 6.12. The van der Waals surface area contributed by atoms with E-state index in [4.69, 9.17) is 4.74 Å². The number of hydrogen-bond donors (Lipinski definition) is 1. The smallest absolute Gasteiger partial charge is 0.0623 e. The molecule has 2 atom stereocenters. The maximum atomic E-state index is 9.58. The minimum atomic E-state index is -0.0328. The lowest BCUT2D eigenvalue weighted by Gasteiger charge is -2.32. The third-order valence-electron chi connectivity index (χ3n) is 4.60. The van der Waals surface area contributed by atoms with E-state index in [0.29, 0.717) is 6.61 Å². The van der Waals surface area contributed by atoms with Crippen LogP contribution in [0.4, 0.5) is 0 Å². The van der Waals surface area contributed by atoms with Crippen molar-refractivity contribution in [1.29, 1.82) is 0 Å². The number of rotatable bonds is 5. The second-order valence-corrected chi connectivity index (χ2v) is 6.29. The van der Waals surface area contributed by atoms with Crippen molar-refractivity contribution in [1.82, 2.24) is 0 Å². The van der Waals surface area contributed by atoms with Gasteiger partial charge in [-0.25, -0.2) is 0 Å². The third kappa shape index (κ3) is 2.36. The van der Waals surface area contributed by atoms with Gasteiger partial charge in [0.15, 0.2) is 0 Å². The Hall–Kier alpha value is -0.0800. The highest BCUT2D eigenvalue weighted by molar-refractivity contribution is 5.03. The number of ether oxygens (including phenoxy) is 1. The zero-order valence-corrected chi connectivity index (χ0v) is 10.3. The van der Waals surface area contributed by atoms with Crippen LogP contribution in [0.5, 0.6) is 0 Å². The molecule has 2 rings (SSSR count). The highest BCUT2D eigenvalue weighted by Crippen LogP contribution is 2.61. The van der Waals surface area contributed by atoms with Crippen LogP contribution in [-0.4, -0.2) is 24.4 Å². The molecular weight excluding hydrogens is 188 g/mol. The van der Waals surface area contributed by atoms with Crippen molar-refractivity contribution in [3.8, 4) is 0 Å². The van der Waals surface area contributed by atoms with Crippen molar-refractivity contribution in [2.45, 2.75) is 51.6 Å². The van der Waals surface area contributed by atoms with Crippen LogP contribution in [0.15, 0.2) is 0 Å². The maximum Gasteiger partial charge on any atom is 0.0623 e. The molecule has 0 bridgehead atoms. The molecule has 0 spiro atoms. The molecule has 0 saturated heterocycles. The zero-order valence-electron chi connectivity index (χ0n) is 10.3. The number of hydrogen-bond acceptors (Lipinski definition) is 2. The van der Waals surface area contributed by atoms with Gasteiger partial charge in [0.05, 0.1) is 5.60 Å². The first-order valence-electron chi connectivity index (χ1n) is 6.16. The molecule has 2 aliphatic rings. The van der Waals surface area contributed by atoms with Gasteiger partial charge in [-0.2, -0.15) is 0 Å². The topological polar surface area (TPSA) is 29.5 Å². The fourth-order valence-electron chi connectivity index (χ4n) is 3.09. The van der Waals surface area contributed by atoms with Crippen molar-refractivity contribution in [2.75, 3.05) is 13.7 Å². The van der Waals surface area contributed by atoms with Crippen molar-refractivity contribution >= 4 is 0 Å². The Labute approximate surface area is 93.0 Å². The second kappa shape index (κ2) is 3.74. The monoisotopic (exact) mass is 212 g/mol. The molecule has 15 heavy (non-hydrogen) atoms. The van der Waals surface area contributed by atoms with E-state index in [-0.39, 0.29) is 11.0 Å². The highest BCUT2D eigenvalue weighted by atomic mass is 16.5. The summed E-state index contributed by atoms with van der Waals surface area (Å²) in [4.78, 5) is 0. The van der Waals surface area contributed by atoms with E-state index in [9.17, 15) is 5.11 Å². The van der Waals surface area contributed by atoms with Crippen LogP contribution in [0.2, 0.25) is 0 Å². The van der Waals surface area contributed by atoms with E-state index >= 15 is 0 Å². The Morgan fingerprint density at radius 1 is 1.33 bits per heavy atom. The Balaban J connectivity index is 1.86. The molecule has 0 aromatic heterocycles. The number of aliphatic hydroxyl groups excluding tert-OH is 1. The minimum Gasteiger partial charge on any atom is -0.396 e. The lowest BCUT2D eigenvalue weighted by molar-refractivity contribution is -0.00478. The summed E-state index contributed by atoms with van der Waals surface area (Å²) in [6, 6.07) is 0. The summed E-state index contributed by atoms with van der Waals surface area (Å²) in [5.74, 6) is 1.89. The molecule has 0 heterocycles. The van der Waals surface area contributed by atoms with Gasteiger partial charge >= 0.3 is 0 Å². The van der Waals surface area contributed by atoms with E-state index in [0.717, 1.165) is 24.7 Å². The number of aliphatic hydroxyl groups is 1. The molecule has 88 valence electrons. The van der Waals surface area contributed by atoms with Crippen LogP contribution in [0, 0.1) is 17.3 Å². The molecule has 1 N–H and O–H groups in total. The van der Waals surface area contributed by atoms with Crippen molar-refractivity contribution in [2.24, 2.45) is 17.3 Å². The molecule has 0 aromatic carbocycles. The first kappa shape index (κ1) is 11.4. The van der Waals surface area contributed by atoms with E-state index in [1.165, 1.54) is 19.3 Å². The summed E-state index contributed by atoms with van der Waals surface area (Å²) in [7, 11) is 1.78. The first-order chi connectivity index (χ1) is 7.00. The van der Waals surface area contributed by atoms with Gasteiger partial charge in [0, 0.05) is 13.7 Å². The van der Waals surface area contributed by atoms with Crippen LogP contribution in [0.25, 0.3) is 0 Å². The molecule has 2 fully saturated rings. The summed E-state index contributed by atoms with van der Waals surface area (Å²) in [5, 5.41) is 9.58. The van der Waals surface area contributed by atoms with Crippen LogP contribution in [0.3, 0.4) is 0 Å². The van der Waals surface area contributed by atoms with E-state index in [1.807, 2.05) is 0 Å². The Bertz CT molecular complexity index is 225. The first-order valence-corrected chi connectivity index (χ1v) is 6.16. The highest BCUT2D eigenvalue weighted by Gasteiger charge is 2.53. The fourth-order valence-corrected chi connectivity index (χ4v) is 3.09. The SMILES string of the molecule is COC(C)(C)CCC1(CO)CC2CC2C1. The van der Waals surface area contributed by atoms with Crippen LogP contribution in [0.1, 0.15) is 46.0 Å². The van der Waals surface area contributed by atoms with Crippen LogP contribution >= 0.6 is 0 Å². The molecule has 2 saturated carbocycles. The lowest BCUT2D eigenvalue weighted by Crippen LogP contribution is -2.30. The summed E-state index contributed by atoms with van der Waals surface area (Å²) >= 11 is 0. The van der Waals surface area contributed by atoms with Crippen LogP contribution in [-0.2, 0) is 4.74 Å². The average Bonchev–Trinajstić information content (AvgIpc) is 2.84. The molecule has 0 aromatic rings. The number of methoxy groups -OCH3 is 1. The molecular formula is C13H24O2. The van der Waals surface area contributed by atoms with Gasteiger partial charge in [0.1, 0.15) is 0 Å². The quantitative estimate of drug-likeness (QED) is 0.759. The molecule has 0 aliphatic heterocycles. The summed E-state index contributed by atoms with van der Waals surface area (Å²) < 4.78 is 5.44. The maximum absolute atomic E-state index is 9.58. The fraction of sp³-hybridized carbons (Fsp3) is 1.00. The lowest BCUT2D eigenvalue weighted by atomic mass is 9.77. The number of fused-ring (bicyclic) bond motifs is 1. The van der Waals surface area contributed by atoms with Gasteiger partial charge in [-0.3, -0.25) is 0 Å². The Morgan fingerprint density at radius 2 is 1.93 bits per heavy atom. The molecule has 0 radical (unpaired) electrons. The molecule has 2 heteroatoms. The standard InChI is InChI=1S/C13H24O2/c1-12(2,15-3)4-5-13(9-14)7-10-6-11(10)8-13/h10-11,14H,4-9H2,1-3H3. The summed E-state index contributed by atoms with van der Waals surface area (Å²) in [5.41, 5.74) is 0.207. The normalized spacial score (nSPS) is 39.2. The van der Waals surface area contributed by atoms with Crippen LogP contribution < -0.4 is 0 Å². The van der Waals surface area contributed by atoms with Crippen molar-refractivity contribution in [3.63, 3.8) is 0 Å². The van der Waals surface area contributed by atoms with E-state index in [2.05, 4.69) is 13.8 Å². The second-order valence-electron chi connectivity index (χ2n) is 6.29. The van der Waals surface area contributed by atoms with Gasteiger partial charge < -0.3 is 9.84 Å². The van der Waals surface area contributed by atoms with Gasteiger partial charge in [0.25, 0.3) is 0 Å². The van der Waals surface area contributed by atoms with E-state index in [1.54, 1.807) is 7.11 Å². The van der Waals surface area contributed by atoms with E-state index < -0.39 is 0 Å². The predicted molar refractivity (Wildman–Crippen MR) is 60.7 cm³/mol.